The number of rotatable bonds is 2. The van der Waals surface area contributed by atoms with Crippen molar-refractivity contribution >= 4 is 5.78 Å². The molecule has 0 aliphatic rings. The molecule has 0 saturated heterocycles. The molecule has 0 fully saturated rings. The fourth-order valence-electron chi connectivity index (χ4n) is 0.895. The lowest BCUT2D eigenvalue weighted by Crippen LogP contribution is -2.01. The quantitative estimate of drug-likeness (QED) is 0.622. The minimum Gasteiger partial charge on any atom is -0.291 e. The third-order valence-electron chi connectivity index (χ3n) is 1.60. The SMILES string of the molecule is Cc1cc(C(=O)CF)ccc1F. The van der Waals surface area contributed by atoms with E-state index in [9.17, 15) is 13.6 Å². The lowest BCUT2D eigenvalue weighted by molar-refractivity contribution is 0.0958. The fourth-order valence-corrected chi connectivity index (χ4v) is 0.895. The topological polar surface area (TPSA) is 17.1 Å². The average molecular weight is 170 g/mol. The van der Waals surface area contributed by atoms with Gasteiger partial charge in [0.2, 0.25) is 0 Å². The molecule has 1 nitrogen and oxygen atoms in total. The molecule has 1 aromatic rings. The Morgan fingerprint density at radius 2 is 2.17 bits per heavy atom. The zero-order valence-corrected chi connectivity index (χ0v) is 6.60. The first-order valence-electron chi connectivity index (χ1n) is 3.50. The molecule has 0 aromatic heterocycles. The highest BCUT2D eigenvalue weighted by Gasteiger charge is 2.06. The second kappa shape index (κ2) is 3.43. The van der Waals surface area contributed by atoms with Crippen LogP contribution in [-0.2, 0) is 0 Å². The zero-order valence-electron chi connectivity index (χ0n) is 6.60. The summed E-state index contributed by atoms with van der Waals surface area (Å²) >= 11 is 0. The molecule has 0 heterocycles. The third kappa shape index (κ3) is 1.67. The molecular weight excluding hydrogens is 162 g/mol. The second-order valence-corrected chi connectivity index (χ2v) is 2.52. The molecule has 0 N–H and O–H groups in total. The predicted molar refractivity (Wildman–Crippen MR) is 41.4 cm³/mol. The van der Waals surface area contributed by atoms with Crippen LogP contribution in [0.1, 0.15) is 15.9 Å². The van der Waals surface area contributed by atoms with Gasteiger partial charge >= 0.3 is 0 Å². The molecule has 0 aliphatic heterocycles. The highest BCUT2D eigenvalue weighted by Crippen LogP contribution is 2.09. The summed E-state index contributed by atoms with van der Waals surface area (Å²) in [5.74, 6) is -0.997. The molecule has 3 heteroatoms. The van der Waals surface area contributed by atoms with Crippen molar-refractivity contribution in [1.82, 2.24) is 0 Å². The summed E-state index contributed by atoms with van der Waals surface area (Å²) in [6.45, 7) is 0.495. The van der Waals surface area contributed by atoms with E-state index in [1.54, 1.807) is 0 Å². The van der Waals surface area contributed by atoms with Crippen molar-refractivity contribution in [3.63, 3.8) is 0 Å². The fraction of sp³-hybridized carbons (Fsp3) is 0.222. The summed E-state index contributed by atoms with van der Waals surface area (Å²) in [7, 11) is 0. The van der Waals surface area contributed by atoms with Gasteiger partial charge < -0.3 is 0 Å². The highest BCUT2D eigenvalue weighted by molar-refractivity contribution is 5.97. The lowest BCUT2D eigenvalue weighted by Gasteiger charge is -1.98. The number of ketones is 1. The summed E-state index contributed by atoms with van der Waals surface area (Å²) in [4.78, 5) is 10.8. The van der Waals surface area contributed by atoms with E-state index >= 15 is 0 Å². The summed E-state index contributed by atoms with van der Waals surface area (Å²) < 4.78 is 24.5. The molecule has 0 radical (unpaired) electrons. The molecule has 0 amide bonds. The maximum absolute atomic E-state index is 12.7. The molecule has 1 aromatic carbocycles. The van der Waals surface area contributed by atoms with E-state index in [0.29, 0.717) is 5.56 Å². The Morgan fingerprint density at radius 3 is 2.67 bits per heavy atom. The zero-order chi connectivity index (χ0) is 9.14. The van der Waals surface area contributed by atoms with Gasteiger partial charge in [0.05, 0.1) is 0 Å². The molecule has 0 bridgehead atoms. The van der Waals surface area contributed by atoms with Crippen LogP contribution in [0.4, 0.5) is 8.78 Å². The van der Waals surface area contributed by atoms with Crippen molar-refractivity contribution in [3.8, 4) is 0 Å². The van der Waals surface area contributed by atoms with Crippen molar-refractivity contribution in [3.05, 3.63) is 35.1 Å². The Kier molecular flexibility index (Phi) is 2.53. The summed E-state index contributed by atoms with van der Waals surface area (Å²) in [5.41, 5.74) is 0.575. The predicted octanol–water partition coefficient (Wildman–Crippen LogP) is 2.29. The van der Waals surface area contributed by atoms with Gasteiger partial charge in [-0.3, -0.25) is 4.79 Å². The van der Waals surface area contributed by atoms with Crippen molar-refractivity contribution in [2.24, 2.45) is 0 Å². The number of aryl methyl sites for hydroxylation is 1. The lowest BCUT2D eigenvalue weighted by atomic mass is 10.1. The molecular formula is C9H8F2O. The van der Waals surface area contributed by atoms with Crippen molar-refractivity contribution in [1.29, 1.82) is 0 Å². The summed E-state index contributed by atoms with van der Waals surface area (Å²) in [6, 6.07) is 3.79. The first kappa shape index (κ1) is 8.84. The van der Waals surface area contributed by atoms with Crippen LogP contribution in [0.2, 0.25) is 0 Å². The van der Waals surface area contributed by atoms with Crippen LogP contribution in [0.25, 0.3) is 0 Å². The van der Waals surface area contributed by atoms with E-state index in [-0.39, 0.29) is 11.4 Å². The maximum Gasteiger partial charge on any atom is 0.193 e. The number of hydrogen-bond acceptors (Lipinski definition) is 1. The Balaban J connectivity index is 3.05. The van der Waals surface area contributed by atoms with Gasteiger partial charge in [-0.25, -0.2) is 8.78 Å². The van der Waals surface area contributed by atoms with Gasteiger partial charge in [-0.05, 0) is 30.7 Å². The van der Waals surface area contributed by atoms with E-state index < -0.39 is 12.5 Å². The molecule has 64 valence electrons. The third-order valence-corrected chi connectivity index (χ3v) is 1.60. The number of carbonyl (C=O) groups excluding carboxylic acids is 1. The van der Waals surface area contributed by atoms with Crippen LogP contribution < -0.4 is 0 Å². The van der Waals surface area contributed by atoms with Crippen LogP contribution in [-0.4, -0.2) is 12.5 Å². The number of Topliss-reactive ketones (excluding diaryl/α,β-unsaturated/α-hetero) is 1. The smallest absolute Gasteiger partial charge is 0.193 e. The van der Waals surface area contributed by atoms with Crippen LogP contribution in [0.15, 0.2) is 18.2 Å². The number of alkyl halides is 1. The van der Waals surface area contributed by atoms with E-state index in [1.165, 1.54) is 19.1 Å². The Bertz CT molecular complexity index is 307. The summed E-state index contributed by atoms with van der Waals surface area (Å²) in [5, 5.41) is 0. The van der Waals surface area contributed by atoms with Crippen LogP contribution in [0.5, 0.6) is 0 Å². The highest BCUT2D eigenvalue weighted by atomic mass is 19.1. The molecule has 0 unspecified atom stereocenters. The Morgan fingerprint density at radius 1 is 1.50 bits per heavy atom. The average Bonchev–Trinajstić information content (AvgIpc) is 2.08. The molecule has 1 rings (SSSR count). The normalized spacial score (nSPS) is 9.92. The molecule has 0 saturated carbocycles. The molecule has 12 heavy (non-hydrogen) atoms. The number of carbonyl (C=O) groups is 1. The van der Waals surface area contributed by atoms with Crippen LogP contribution in [0, 0.1) is 12.7 Å². The molecule has 0 aliphatic carbocycles. The van der Waals surface area contributed by atoms with Crippen molar-refractivity contribution < 1.29 is 13.6 Å². The standard InChI is InChI=1S/C9H8F2O/c1-6-4-7(9(12)5-10)2-3-8(6)11/h2-4H,5H2,1H3. The van der Waals surface area contributed by atoms with Gasteiger partial charge in [0, 0.05) is 5.56 Å². The minimum atomic E-state index is -1.04. The van der Waals surface area contributed by atoms with E-state index in [1.807, 2.05) is 0 Å². The Labute approximate surface area is 69.0 Å². The van der Waals surface area contributed by atoms with E-state index in [2.05, 4.69) is 0 Å². The monoisotopic (exact) mass is 170 g/mol. The molecule has 0 atom stereocenters. The van der Waals surface area contributed by atoms with Gasteiger partial charge in [0.15, 0.2) is 12.5 Å². The van der Waals surface area contributed by atoms with Crippen LogP contribution in [0.3, 0.4) is 0 Å². The van der Waals surface area contributed by atoms with Gasteiger partial charge in [0.25, 0.3) is 0 Å². The van der Waals surface area contributed by atoms with Crippen molar-refractivity contribution in [2.45, 2.75) is 6.92 Å². The first-order valence-corrected chi connectivity index (χ1v) is 3.50. The van der Waals surface area contributed by atoms with Gasteiger partial charge in [-0.2, -0.15) is 0 Å². The van der Waals surface area contributed by atoms with E-state index in [4.69, 9.17) is 0 Å². The van der Waals surface area contributed by atoms with E-state index in [0.717, 1.165) is 6.07 Å². The molecule has 0 spiro atoms. The second-order valence-electron chi connectivity index (χ2n) is 2.52. The minimum absolute atomic E-state index is 0.219. The largest absolute Gasteiger partial charge is 0.291 e. The number of halogens is 2. The Hall–Kier alpha value is -1.25. The van der Waals surface area contributed by atoms with Gasteiger partial charge in [0.1, 0.15) is 5.82 Å². The van der Waals surface area contributed by atoms with Crippen molar-refractivity contribution in [2.75, 3.05) is 6.67 Å². The number of benzene rings is 1. The number of hydrogen-bond donors (Lipinski definition) is 0. The van der Waals surface area contributed by atoms with Gasteiger partial charge in [-0.15, -0.1) is 0 Å². The summed E-state index contributed by atoms with van der Waals surface area (Å²) in [6.07, 6.45) is 0. The maximum atomic E-state index is 12.7. The van der Waals surface area contributed by atoms with Gasteiger partial charge in [-0.1, -0.05) is 0 Å². The van der Waals surface area contributed by atoms with Crippen LogP contribution >= 0.6 is 0 Å². The first-order chi connectivity index (χ1) is 5.65.